The van der Waals surface area contributed by atoms with Crippen LogP contribution in [0, 0.1) is 0 Å². The smallest absolute Gasteiger partial charge is 0.231 e. The van der Waals surface area contributed by atoms with Gasteiger partial charge in [-0.25, -0.2) is 0 Å². The fourth-order valence-electron chi connectivity index (χ4n) is 2.07. The zero-order valence-corrected chi connectivity index (χ0v) is 9.51. The van der Waals surface area contributed by atoms with Crippen molar-refractivity contribution >= 4 is 11.6 Å². The third-order valence-corrected chi connectivity index (χ3v) is 3.24. The number of benzene rings is 1. The topological polar surface area (TPSA) is 42.5 Å². The maximum Gasteiger partial charge on any atom is 0.231 e. The zero-order valence-electron chi connectivity index (χ0n) is 8.75. The standard InChI is InChI=1S/C11H13ClN2O2/c12-8-4-11-10(15-6-16-11)3-7(8)9-5-13-1-2-14-9/h3-4,9,13-14H,1-2,5-6H2/t9-/m0/s1. The van der Waals surface area contributed by atoms with Gasteiger partial charge in [0.15, 0.2) is 11.5 Å². The Kier molecular flexibility index (Phi) is 2.63. The summed E-state index contributed by atoms with van der Waals surface area (Å²) in [6.45, 7) is 3.12. The highest BCUT2D eigenvalue weighted by molar-refractivity contribution is 6.31. The van der Waals surface area contributed by atoms with Crippen LogP contribution in [0.15, 0.2) is 12.1 Å². The van der Waals surface area contributed by atoms with Crippen molar-refractivity contribution in [2.24, 2.45) is 0 Å². The normalized spacial score (nSPS) is 23.4. The number of fused-ring (bicyclic) bond motifs is 1. The molecule has 2 heterocycles. The van der Waals surface area contributed by atoms with E-state index >= 15 is 0 Å². The van der Waals surface area contributed by atoms with Crippen LogP contribution in [0.25, 0.3) is 0 Å². The lowest BCUT2D eigenvalue weighted by molar-refractivity contribution is 0.174. The van der Waals surface area contributed by atoms with Gasteiger partial charge in [0, 0.05) is 36.8 Å². The summed E-state index contributed by atoms with van der Waals surface area (Å²) in [5.74, 6) is 1.52. The first-order valence-corrected chi connectivity index (χ1v) is 5.75. The van der Waals surface area contributed by atoms with E-state index in [0.29, 0.717) is 0 Å². The number of halogens is 1. The number of rotatable bonds is 1. The molecule has 4 nitrogen and oxygen atoms in total. The minimum absolute atomic E-state index is 0.246. The molecule has 2 aliphatic rings. The Morgan fingerprint density at radius 1 is 1.19 bits per heavy atom. The molecule has 16 heavy (non-hydrogen) atoms. The van der Waals surface area contributed by atoms with Crippen LogP contribution >= 0.6 is 11.6 Å². The van der Waals surface area contributed by atoms with Crippen molar-refractivity contribution in [3.05, 3.63) is 22.7 Å². The quantitative estimate of drug-likeness (QED) is 0.777. The highest BCUT2D eigenvalue weighted by atomic mass is 35.5. The summed E-state index contributed by atoms with van der Waals surface area (Å²) in [7, 11) is 0. The Morgan fingerprint density at radius 2 is 2.00 bits per heavy atom. The third-order valence-electron chi connectivity index (χ3n) is 2.91. The Labute approximate surface area is 98.9 Å². The monoisotopic (exact) mass is 240 g/mol. The van der Waals surface area contributed by atoms with E-state index in [4.69, 9.17) is 21.1 Å². The molecule has 0 amide bonds. The highest BCUT2D eigenvalue weighted by Gasteiger charge is 2.22. The largest absolute Gasteiger partial charge is 0.454 e. The van der Waals surface area contributed by atoms with Crippen LogP contribution < -0.4 is 20.1 Å². The Bertz CT molecular complexity index is 405. The molecular weight excluding hydrogens is 228 g/mol. The van der Waals surface area contributed by atoms with Crippen molar-refractivity contribution in [1.82, 2.24) is 10.6 Å². The van der Waals surface area contributed by atoms with Gasteiger partial charge in [-0.1, -0.05) is 11.6 Å². The van der Waals surface area contributed by atoms with Gasteiger partial charge in [-0.2, -0.15) is 0 Å². The molecule has 1 atom stereocenters. The van der Waals surface area contributed by atoms with Crippen LogP contribution in [-0.2, 0) is 0 Å². The van der Waals surface area contributed by atoms with E-state index in [1.165, 1.54) is 0 Å². The second kappa shape index (κ2) is 4.13. The van der Waals surface area contributed by atoms with Crippen LogP contribution in [-0.4, -0.2) is 26.4 Å². The summed E-state index contributed by atoms with van der Waals surface area (Å²) in [5, 5.41) is 7.49. The summed E-state index contributed by atoms with van der Waals surface area (Å²) < 4.78 is 10.6. The maximum absolute atomic E-state index is 6.24. The lowest BCUT2D eigenvalue weighted by Gasteiger charge is -2.25. The van der Waals surface area contributed by atoms with Crippen molar-refractivity contribution in [2.75, 3.05) is 26.4 Å². The number of ether oxygens (including phenoxy) is 2. The molecule has 0 aromatic heterocycles. The summed E-state index contributed by atoms with van der Waals surface area (Å²) in [4.78, 5) is 0. The van der Waals surface area contributed by atoms with Gasteiger partial charge < -0.3 is 20.1 Å². The zero-order chi connectivity index (χ0) is 11.0. The van der Waals surface area contributed by atoms with E-state index < -0.39 is 0 Å². The number of nitrogens with one attached hydrogen (secondary N) is 2. The van der Waals surface area contributed by atoms with Crippen LogP contribution in [0.2, 0.25) is 5.02 Å². The van der Waals surface area contributed by atoms with E-state index in [0.717, 1.165) is 41.7 Å². The van der Waals surface area contributed by atoms with Gasteiger partial charge in [-0.3, -0.25) is 0 Å². The number of hydrogen-bond acceptors (Lipinski definition) is 4. The molecule has 5 heteroatoms. The van der Waals surface area contributed by atoms with Gasteiger partial charge in [0.25, 0.3) is 0 Å². The molecule has 1 saturated heterocycles. The van der Waals surface area contributed by atoms with Gasteiger partial charge in [0.2, 0.25) is 6.79 Å². The summed E-state index contributed by atoms with van der Waals surface area (Å²) in [6.07, 6.45) is 0. The molecule has 1 fully saturated rings. The molecule has 0 saturated carbocycles. The van der Waals surface area contributed by atoms with E-state index in [1.54, 1.807) is 0 Å². The third kappa shape index (κ3) is 1.73. The van der Waals surface area contributed by atoms with E-state index in [9.17, 15) is 0 Å². The molecule has 0 radical (unpaired) electrons. The molecule has 1 aromatic carbocycles. The highest BCUT2D eigenvalue weighted by Crippen LogP contribution is 2.38. The molecule has 0 aliphatic carbocycles. The number of hydrogen-bond donors (Lipinski definition) is 2. The predicted octanol–water partition coefficient (Wildman–Crippen LogP) is 1.30. The summed E-state index contributed by atoms with van der Waals surface area (Å²) in [5.41, 5.74) is 1.07. The molecule has 2 N–H and O–H groups in total. The molecule has 2 aliphatic heterocycles. The van der Waals surface area contributed by atoms with E-state index in [1.807, 2.05) is 12.1 Å². The first-order chi connectivity index (χ1) is 7.84. The van der Waals surface area contributed by atoms with E-state index in [-0.39, 0.29) is 12.8 Å². The number of piperazine rings is 1. The lowest BCUT2D eigenvalue weighted by Crippen LogP contribution is -2.42. The van der Waals surface area contributed by atoms with Crippen molar-refractivity contribution in [3.8, 4) is 11.5 Å². The first kappa shape index (κ1) is 10.2. The molecular formula is C11H13ClN2O2. The second-order valence-corrected chi connectivity index (χ2v) is 4.35. The van der Waals surface area contributed by atoms with Crippen LogP contribution in [0.1, 0.15) is 11.6 Å². The molecule has 0 bridgehead atoms. The van der Waals surface area contributed by atoms with Gasteiger partial charge in [0.05, 0.1) is 0 Å². The Morgan fingerprint density at radius 3 is 2.75 bits per heavy atom. The predicted molar refractivity (Wildman–Crippen MR) is 61.2 cm³/mol. The average Bonchev–Trinajstić information content (AvgIpc) is 2.76. The maximum atomic E-state index is 6.24. The van der Waals surface area contributed by atoms with Crippen LogP contribution in [0.3, 0.4) is 0 Å². The van der Waals surface area contributed by atoms with Gasteiger partial charge in [-0.05, 0) is 11.6 Å². The molecule has 86 valence electrons. The van der Waals surface area contributed by atoms with Crippen molar-refractivity contribution < 1.29 is 9.47 Å². The van der Waals surface area contributed by atoms with Gasteiger partial charge in [-0.15, -0.1) is 0 Å². The minimum atomic E-state index is 0.246. The minimum Gasteiger partial charge on any atom is -0.454 e. The summed E-state index contributed by atoms with van der Waals surface area (Å²) in [6, 6.07) is 4.04. The Balaban J connectivity index is 1.94. The van der Waals surface area contributed by atoms with Crippen LogP contribution in [0.5, 0.6) is 11.5 Å². The fraction of sp³-hybridized carbons (Fsp3) is 0.455. The summed E-state index contributed by atoms with van der Waals surface area (Å²) >= 11 is 6.24. The Hall–Kier alpha value is -0.970. The lowest BCUT2D eigenvalue weighted by atomic mass is 10.0. The molecule has 0 spiro atoms. The van der Waals surface area contributed by atoms with Gasteiger partial charge in [0.1, 0.15) is 0 Å². The van der Waals surface area contributed by atoms with E-state index in [2.05, 4.69) is 10.6 Å². The first-order valence-electron chi connectivity index (χ1n) is 5.38. The molecule has 3 rings (SSSR count). The van der Waals surface area contributed by atoms with Crippen molar-refractivity contribution in [1.29, 1.82) is 0 Å². The average molecular weight is 241 g/mol. The SMILES string of the molecule is Clc1cc2c(cc1[C@@H]1CNCCN1)OCO2. The second-order valence-electron chi connectivity index (χ2n) is 3.94. The fourth-order valence-corrected chi connectivity index (χ4v) is 2.36. The molecule has 1 aromatic rings. The van der Waals surface area contributed by atoms with Crippen LogP contribution in [0.4, 0.5) is 0 Å². The van der Waals surface area contributed by atoms with Crippen molar-refractivity contribution in [2.45, 2.75) is 6.04 Å². The molecule has 0 unspecified atom stereocenters. The van der Waals surface area contributed by atoms with Crippen molar-refractivity contribution in [3.63, 3.8) is 0 Å². The van der Waals surface area contributed by atoms with Gasteiger partial charge >= 0.3 is 0 Å².